The zero-order valence-electron chi connectivity index (χ0n) is 7.18. The fraction of sp³-hybridized carbons (Fsp3) is 0.333. The Morgan fingerprint density at radius 1 is 1.38 bits per heavy atom. The number of benzene rings is 1. The van der Waals surface area contributed by atoms with Gasteiger partial charge < -0.3 is 14.7 Å². The third-order valence-electron chi connectivity index (χ3n) is 1.83. The van der Waals surface area contributed by atoms with Crippen molar-refractivity contribution in [3.63, 3.8) is 0 Å². The van der Waals surface area contributed by atoms with Crippen molar-refractivity contribution in [3.8, 4) is 0 Å². The number of aliphatic hydroxyl groups excluding tert-OH is 2. The highest BCUT2D eigenvalue weighted by atomic mass is 31.0. The van der Waals surface area contributed by atoms with Crippen molar-refractivity contribution in [1.29, 1.82) is 0 Å². The number of rotatable bonds is 4. The molecule has 0 bridgehead atoms. The average molecular weight is 200 g/mol. The second-order valence-electron chi connectivity index (χ2n) is 2.71. The normalized spacial score (nSPS) is 12.8. The van der Waals surface area contributed by atoms with Crippen molar-refractivity contribution >= 4 is 9.47 Å². The Hall–Kier alpha value is -0.470. The van der Waals surface area contributed by atoms with Crippen molar-refractivity contribution in [3.05, 3.63) is 35.4 Å². The minimum atomic E-state index is -0.823. The van der Waals surface area contributed by atoms with E-state index in [2.05, 4.69) is 9.47 Å². The molecule has 13 heavy (non-hydrogen) atoms. The third kappa shape index (κ3) is 2.75. The van der Waals surface area contributed by atoms with Gasteiger partial charge in [0.25, 0.3) is 0 Å². The zero-order valence-corrected chi connectivity index (χ0v) is 8.34. The first-order valence-electron chi connectivity index (χ1n) is 3.98. The van der Waals surface area contributed by atoms with E-state index in [0.717, 1.165) is 5.56 Å². The molecule has 0 saturated carbocycles. The molecule has 0 saturated heterocycles. The van der Waals surface area contributed by atoms with E-state index in [1.165, 1.54) is 0 Å². The van der Waals surface area contributed by atoms with Crippen molar-refractivity contribution < 1.29 is 14.7 Å². The largest absolute Gasteiger partial charge is 0.393 e. The molecule has 0 amide bonds. The summed E-state index contributed by atoms with van der Waals surface area (Å²) in [5, 5.41) is 18.2. The van der Waals surface area contributed by atoms with Gasteiger partial charge in [0.05, 0.1) is 13.2 Å². The standard InChI is InChI=1S/C9H13O3P/c10-5-9(11)8-4-2-1-3-7(8)6-12-13/h1-4,9-11H,5-6,13H2. The number of hydrogen-bond donors (Lipinski definition) is 2. The summed E-state index contributed by atoms with van der Waals surface area (Å²) in [6.45, 7) is 0.145. The third-order valence-corrected chi connectivity index (χ3v) is 1.99. The molecule has 0 spiro atoms. The molecule has 0 fully saturated rings. The van der Waals surface area contributed by atoms with Gasteiger partial charge in [-0.25, -0.2) is 0 Å². The van der Waals surface area contributed by atoms with Crippen LogP contribution in [0.25, 0.3) is 0 Å². The molecule has 2 N–H and O–H groups in total. The van der Waals surface area contributed by atoms with Crippen LogP contribution in [0.3, 0.4) is 0 Å². The van der Waals surface area contributed by atoms with Crippen molar-refractivity contribution in [2.45, 2.75) is 12.7 Å². The minimum absolute atomic E-state index is 0.270. The summed E-state index contributed by atoms with van der Waals surface area (Å²) in [4.78, 5) is 0. The summed E-state index contributed by atoms with van der Waals surface area (Å²) in [5.74, 6) is 0. The zero-order chi connectivity index (χ0) is 9.68. The summed E-state index contributed by atoms with van der Waals surface area (Å²) in [5.41, 5.74) is 1.60. The summed E-state index contributed by atoms with van der Waals surface area (Å²) in [6.07, 6.45) is -0.823. The molecule has 1 aromatic rings. The van der Waals surface area contributed by atoms with E-state index >= 15 is 0 Å². The molecule has 72 valence electrons. The molecule has 0 aliphatic heterocycles. The van der Waals surface area contributed by atoms with Crippen LogP contribution in [0, 0.1) is 0 Å². The number of aliphatic hydroxyl groups is 2. The lowest BCUT2D eigenvalue weighted by molar-refractivity contribution is 0.0941. The molecule has 1 rings (SSSR count). The molecule has 0 aliphatic rings. The fourth-order valence-corrected chi connectivity index (χ4v) is 1.36. The van der Waals surface area contributed by atoms with Crippen LogP contribution >= 0.6 is 9.47 Å². The van der Waals surface area contributed by atoms with Crippen LogP contribution < -0.4 is 0 Å². The van der Waals surface area contributed by atoms with Gasteiger partial charge in [-0.3, -0.25) is 0 Å². The lowest BCUT2D eigenvalue weighted by Gasteiger charge is -2.12. The summed E-state index contributed by atoms with van der Waals surface area (Å²) < 4.78 is 4.89. The Balaban J connectivity index is 2.90. The van der Waals surface area contributed by atoms with Gasteiger partial charge >= 0.3 is 0 Å². The van der Waals surface area contributed by atoms with Gasteiger partial charge in [0.15, 0.2) is 0 Å². The van der Waals surface area contributed by atoms with E-state index in [-0.39, 0.29) is 6.61 Å². The minimum Gasteiger partial charge on any atom is -0.393 e. The van der Waals surface area contributed by atoms with E-state index in [1.54, 1.807) is 6.07 Å². The Kier molecular flexibility index (Phi) is 4.33. The Morgan fingerprint density at radius 3 is 2.69 bits per heavy atom. The Morgan fingerprint density at radius 2 is 2.08 bits per heavy atom. The van der Waals surface area contributed by atoms with Gasteiger partial charge in [-0.05, 0) is 11.1 Å². The second kappa shape index (κ2) is 5.30. The Bertz CT molecular complexity index is 265. The molecule has 2 unspecified atom stereocenters. The first-order chi connectivity index (χ1) is 6.29. The first-order valence-corrected chi connectivity index (χ1v) is 4.45. The van der Waals surface area contributed by atoms with E-state index in [9.17, 15) is 5.11 Å². The van der Waals surface area contributed by atoms with Crippen LogP contribution in [0.15, 0.2) is 24.3 Å². The molecular weight excluding hydrogens is 187 g/mol. The highest BCUT2D eigenvalue weighted by Crippen LogP contribution is 2.18. The SMILES string of the molecule is OCC(O)c1ccccc1COP. The predicted molar refractivity (Wildman–Crippen MR) is 53.0 cm³/mol. The quantitative estimate of drug-likeness (QED) is 0.713. The van der Waals surface area contributed by atoms with Gasteiger partial charge in [0.2, 0.25) is 0 Å². The van der Waals surface area contributed by atoms with Gasteiger partial charge in [0.1, 0.15) is 6.10 Å². The smallest absolute Gasteiger partial charge is 0.102 e. The highest BCUT2D eigenvalue weighted by Gasteiger charge is 2.09. The van der Waals surface area contributed by atoms with Crippen LogP contribution in [-0.2, 0) is 11.1 Å². The van der Waals surface area contributed by atoms with Crippen LogP contribution in [0.1, 0.15) is 17.2 Å². The lowest BCUT2D eigenvalue weighted by Crippen LogP contribution is -2.06. The average Bonchev–Trinajstić information content (AvgIpc) is 2.18. The van der Waals surface area contributed by atoms with E-state index in [4.69, 9.17) is 9.63 Å². The molecular formula is C9H13O3P. The van der Waals surface area contributed by atoms with Crippen molar-refractivity contribution in [2.24, 2.45) is 0 Å². The molecule has 2 atom stereocenters. The maximum atomic E-state index is 9.42. The molecule has 0 heterocycles. The van der Waals surface area contributed by atoms with Crippen molar-refractivity contribution in [2.75, 3.05) is 6.61 Å². The summed E-state index contributed by atoms with van der Waals surface area (Å²) in [7, 11) is 2.15. The molecule has 0 aliphatic carbocycles. The van der Waals surface area contributed by atoms with Gasteiger partial charge in [0, 0.05) is 9.47 Å². The van der Waals surface area contributed by atoms with Gasteiger partial charge in [-0.2, -0.15) is 0 Å². The topological polar surface area (TPSA) is 49.7 Å². The van der Waals surface area contributed by atoms with E-state index in [0.29, 0.717) is 12.2 Å². The van der Waals surface area contributed by atoms with Gasteiger partial charge in [-0.1, -0.05) is 24.3 Å². The Labute approximate surface area is 79.6 Å². The first kappa shape index (κ1) is 10.6. The van der Waals surface area contributed by atoms with E-state index < -0.39 is 6.10 Å². The summed E-state index contributed by atoms with van der Waals surface area (Å²) in [6, 6.07) is 7.32. The second-order valence-corrected chi connectivity index (χ2v) is 3.04. The predicted octanol–water partition coefficient (Wildman–Crippen LogP) is 1.02. The van der Waals surface area contributed by atoms with Crippen LogP contribution in [0.2, 0.25) is 0 Å². The molecule has 0 radical (unpaired) electrons. The molecule has 0 aromatic heterocycles. The van der Waals surface area contributed by atoms with Crippen LogP contribution in [-0.4, -0.2) is 16.8 Å². The number of hydrogen-bond acceptors (Lipinski definition) is 3. The lowest BCUT2D eigenvalue weighted by atomic mass is 10.0. The molecule has 1 aromatic carbocycles. The van der Waals surface area contributed by atoms with Crippen LogP contribution in [0.4, 0.5) is 0 Å². The highest BCUT2D eigenvalue weighted by molar-refractivity contribution is 7.09. The monoisotopic (exact) mass is 200 g/mol. The maximum absolute atomic E-state index is 9.42. The molecule has 4 heteroatoms. The van der Waals surface area contributed by atoms with Crippen molar-refractivity contribution in [1.82, 2.24) is 0 Å². The maximum Gasteiger partial charge on any atom is 0.102 e. The fourth-order valence-electron chi connectivity index (χ4n) is 1.18. The summed E-state index contributed by atoms with van der Waals surface area (Å²) >= 11 is 0. The van der Waals surface area contributed by atoms with E-state index in [1.807, 2.05) is 18.2 Å². The molecule has 3 nitrogen and oxygen atoms in total. The van der Waals surface area contributed by atoms with Crippen LogP contribution in [0.5, 0.6) is 0 Å². The van der Waals surface area contributed by atoms with Gasteiger partial charge in [-0.15, -0.1) is 0 Å².